The molecule has 0 bridgehead atoms. The van der Waals surface area contributed by atoms with Gasteiger partial charge in [0.25, 0.3) is 5.69 Å². The topological polar surface area (TPSA) is 78.4 Å². The highest BCUT2D eigenvalue weighted by molar-refractivity contribution is 9.10. The first-order chi connectivity index (χ1) is 9.11. The predicted molar refractivity (Wildman–Crippen MR) is 75.8 cm³/mol. The van der Waals surface area contributed by atoms with Crippen LogP contribution in [0.3, 0.4) is 0 Å². The number of nitrogens with two attached hydrogens (primary N) is 1. The van der Waals surface area contributed by atoms with Crippen molar-refractivity contribution in [3.8, 4) is 0 Å². The van der Waals surface area contributed by atoms with Gasteiger partial charge in [-0.3, -0.25) is 10.1 Å². The molecule has 2 unspecified atom stereocenters. The van der Waals surface area contributed by atoms with Crippen LogP contribution in [0.1, 0.15) is 24.8 Å². The molecule has 104 valence electrons. The maximum Gasteiger partial charge on any atom is 0.270 e. The number of nitrogens with zero attached hydrogens (tertiary/aromatic N) is 1. The van der Waals surface area contributed by atoms with Crippen LogP contribution in [0.15, 0.2) is 22.7 Å². The van der Waals surface area contributed by atoms with Crippen LogP contribution in [0.25, 0.3) is 0 Å². The fourth-order valence-corrected chi connectivity index (χ4v) is 2.94. The molecular weight excluding hydrogens is 312 g/mol. The first-order valence-electron chi connectivity index (χ1n) is 6.36. The van der Waals surface area contributed by atoms with Crippen molar-refractivity contribution in [2.75, 3.05) is 6.54 Å². The van der Waals surface area contributed by atoms with Crippen LogP contribution >= 0.6 is 15.9 Å². The summed E-state index contributed by atoms with van der Waals surface area (Å²) >= 11 is 3.35. The van der Waals surface area contributed by atoms with Crippen molar-refractivity contribution < 1.29 is 9.66 Å². The largest absolute Gasteiger partial charge is 0.373 e. The molecular formula is C13H17BrN2O3. The number of halogens is 1. The molecule has 1 aliphatic carbocycles. The number of hydrogen-bond acceptors (Lipinski definition) is 4. The summed E-state index contributed by atoms with van der Waals surface area (Å²) in [5, 5.41) is 10.7. The molecule has 6 heteroatoms. The summed E-state index contributed by atoms with van der Waals surface area (Å²) in [5.41, 5.74) is 6.72. The Kier molecular flexibility index (Phi) is 4.90. The van der Waals surface area contributed by atoms with Crippen molar-refractivity contribution in [1.29, 1.82) is 0 Å². The third-order valence-electron chi connectivity index (χ3n) is 3.59. The summed E-state index contributed by atoms with van der Waals surface area (Å²) < 4.78 is 6.61. The zero-order valence-electron chi connectivity index (χ0n) is 10.5. The summed E-state index contributed by atoms with van der Waals surface area (Å²) in [7, 11) is 0. The Morgan fingerprint density at radius 3 is 2.89 bits per heavy atom. The first kappa shape index (κ1) is 14.4. The zero-order chi connectivity index (χ0) is 13.8. The van der Waals surface area contributed by atoms with Crippen LogP contribution in [0, 0.1) is 16.0 Å². The van der Waals surface area contributed by atoms with E-state index in [1.165, 1.54) is 12.1 Å². The second kappa shape index (κ2) is 6.45. The van der Waals surface area contributed by atoms with Gasteiger partial charge in [-0.05, 0) is 36.9 Å². The Morgan fingerprint density at radius 2 is 2.26 bits per heavy atom. The van der Waals surface area contributed by atoms with Crippen molar-refractivity contribution in [2.24, 2.45) is 11.7 Å². The molecule has 1 saturated carbocycles. The van der Waals surface area contributed by atoms with Gasteiger partial charge in [-0.25, -0.2) is 0 Å². The molecule has 1 aromatic carbocycles. The molecule has 0 radical (unpaired) electrons. The van der Waals surface area contributed by atoms with E-state index in [0.717, 1.165) is 24.8 Å². The molecule has 1 fully saturated rings. The normalized spacial score (nSPS) is 22.6. The smallest absolute Gasteiger partial charge is 0.270 e. The Balaban J connectivity index is 1.98. The summed E-state index contributed by atoms with van der Waals surface area (Å²) in [6.45, 7) is 1.12. The van der Waals surface area contributed by atoms with Gasteiger partial charge in [-0.15, -0.1) is 0 Å². The Bertz CT molecular complexity index is 467. The van der Waals surface area contributed by atoms with Crippen LogP contribution in [-0.2, 0) is 11.3 Å². The van der Waals surface area contributed by atoms with Gasteiger partial charge in [-0.2, -0.15) is 0 Å². The Labute approximate surface area is 120 Å². The Morgan fingerprint density at radius 1 is 1.47 bits per heavy atom. The average Bonchev–Trinajstić information content (AvgIpc) is 2.84. The highest BCUT2D eigenvalue weighted by Gasteiger charge is 2.26. The fraction of sp³-hybridized carbons (Fsp3) is 0.538. The van der Waals surface area contributed by atoms with Crippen LogP contribution in [0.4, 0.5) is 5.69 Å². The highest BCUT2D eigenvalue weighted by Crippen LogP contribution is 2.30. The lowest BCUT2D eigenvalue weighted by Gasteiger charge is -2.19. The van der Waals surface area contributed by atoms with Gasteiger partial charge in [0.2, 0.25) is 0 Å². The minimum absolute atomic E-state index is 0.0799. The molecule has 0 aromatic heterocycles. The molecule has 0 aliphatic heterocycles. The lowest BCUT2D eigenvalue weighted by Crippen LogP contribution is -2.25. The lowest BCUT2D eigenvalue weighted by atomic mass is 10.1. The van der Waals surface area contributed by atoms with Crippen LogP contribution in [0.5, 0.6) is 0 Å². The number of nitro groups is 1. The fourth-order valence-electron chi connectivity index (χ4n) is 2.46. The SMILES string of the molecule is NCC1CCCC1OCc1ccc([N+](=O)[O-])cc1Br. The minimum Gasteiger partial charge on any atom is -0.373 e. The molecule has 2 atom stereocenters. The van der Waals surface area contributed by atoms with Gasteiger partial charge in [0.1, 0.15) is 0 Å². The maximum absolute atomic E-state index is 10.7. The maximum atomic E-state index is 10.7. The summed E-state index contributed by atoms with van der Waals surface area (Å²) in [6.07, 6.45) is 3.55. The first-order valence-corrected chi connectivity index (χ1v) is 7.15. The van der Waals surface area contributed by atoms with E-state index in [4.69, 9.17) is 10.5 Å². The van der Waals surface area contributed by atoms with Gasteiger partial charge < -0.3 is 10.5 Å². The molecule has 5 nitrogen and oxygen atoms in total. The number of rotatable bonds is 5. The van der Waals surface area contributed by atoms with Crippen molar-refractivity contribution in [2.45, 2.75) is 32.0 Å². The second-order valence-corrected chi connectivity index (χ2v) is 5.66. The monoisotopic (exact) mass is 328 g/mol. The van der Waals surface area contributed by atoms with E-state index in [1.54, 1.807) is 6.07 Å². The van der Waals surface area contributed by atoms with Crippen molar-refractivity contribution in [3.63, 3.8) is 0 Å². The van der Waals surface area contributed by atoms with Crippen molar-refractivity contribution >= 4 is 21.6 Å². The van der Waals surface area contributed by atoms with E-state index in [2.05, 4.69) is 15.9 Å². The van der Waals surface area contributed by atoms with Gasteiger partial charge >= 0.3 is 0 Å². The average molecular weight is 329 g/mol. The van der Waals surface area contributed by atoms with E-state index in [9.17, 15) is 10.1 Å². The number of hydrogen-bond donors (Lipinski definition) is 1. The number of benzene rings is 1. The lowest BCUT2D eigenvalue weighted by molar-refractivity contribution is -0.384. The van der Waals surface area contributed by atoms with Gasteiger partial charge in [0, 0.05) is 16.6 Å². The van der Waals surface area contributed by atoms with Crippen LogP contribution in [-0.4, -0.2) is 17.6 Å². The third-order valence-corrected chi connectivity index (χ3v) is 4.33. The van der Waals surface area contributed by atoms with E-state index in [-0.39, 0.29) is 11.8 Å². The molecule has 0 spiro atoms. The molecule has 0 amide bonds. The standard InChI is InChI=1S/C13H17BrN2O3/c14-12-6-11(16(17)18)5-4-10(12)8-19-13-3-1-2-9(13)7-15/h4-6,9,13H,1-3,7-8,15H2. The van der Waals surface area contributed by atoms with Crippen molar-refractivity contribution in [1.82, 2.24) is 0 Å². The second-order valence-electron chi connectivity index (χ2n) is 4.81. The quantitative estimate of drug-likeness (QED) is 0.665. The highest BCUT2D eigenvalue weighted by atomic mass is 79.9. The van der Waals surface area contributed by atoms with Gasteiger partial charge in [0.05, 0.1) is 17.6 Å². The third kappa shape index (κ3) is 3.52. The number of nitro benzene ring substituents is 1. The summed E-state index contributed by atoms with van der Waals surface area (Å²) in [6, 6.07) is 4.74. The van der Waals surface area contributed by atoms with E-state index in [1.807, 2.05) is 0 Å². The van der Waals surface area contributed by atoms with Gasteiger partial charge in [0.15, 0.2) is 0 Å². The zero-order valence-corrected chi connectivity index (χ0v) is 12.1. The molecule has 2 N–H and O–H groups in total. The van der Waals surface area contributed by atoms with E-state index >= 15 is 0 Å². The molecule has 2 rings (SSSR count). The Hall–Kier alpha value is -0.980. The minimum atomic E-state index is -0.406. The van der Waals surface area contributed by atoms with Crippen LogP contribution in [0.2, 0.25) is 0 Å². The molecule has 1 aliphatic rings. The van der Waals surface area contributed by atoms with Crippen LogP contribution < -0.4 is 5.73 Å². The number of non-ortho nitro benzene ring substituents is 1. The molecule has 19 heavy (non-hydrogen) atoms. The molecule has 0 saturated heterocycles. The molecule has 1 aromatic rings. The van der Waals surface area contributed by atoms with Crippen molar-refractivity contribution in [3.05, 3.63) is 38.3 Å². The van der Waals surface area contributed by atoms with E-state index < -0.39 is 4.92 Å². The summed E-state index contributed by atoms with van der Waals surface area (Å²) in [4.78, 5) is 10.2. The number of ether oxygens (including phenoxy) is 1. The van der Waals surface area contributed by atoms with E-state index in [0.29, 0.717) is 23.5 Å². The molecule has 0 heterocycles. The van der Waals surface area contributed by atoms with Gasteiger partial charge in [-0.1, -0.05) is 22.4 Å². The summed E-state index contributed by atoms with van der Waals surface area (Å²) in [5.74, 6) is 0.442. The predicted octanol–water partition coefficient (Wildman–Crippen LogP) is 3.00.